The molecule has 7 heteroatoms. The number of benzene rings is 2. The van der Waals surface area contributed by atoms with E-state index in [4.69, 9.17) is 16.6 Å². The number of carboxylic acid groups (broad SMARTS) is 1. The molecule has 0 atom stereocenters. The van der Waals surface area contributed by atoms with Gasteiger partial charge in [0, 0.05) is 27.9 Å². The number of hydrogen-bond acceptors (Lipinski definition) is 5. The second-order valence-corrected chi connectivity index (χ2v) is 8.51. The van der Waals surface area contributed by atoms with Crippen LogP contribution in [0.1, 0.15) is 20.8 Å². The fourth-order valence-corrected chi connectivity index (χ4v) is 4.50. The molecule has 29 heavy (non-hydrogen) atoms. The molecule has 0 spiro atoms. The standard InChI is InChI=1S/C22H15ClN2O2S2/c23-17-7-5-14(6-8-17)13-29-21-16(11-15-3-1-2-4-18(15)25-21)12-24-19-9-10-28-20(19)22(26)27/h1-12H,13H2,(H,26,27). The Morgan fingerprint density at radius 2 is 1.97 bits per heavy atom. The SMILES string of the molecule is O=C(O)c1sccc1N=Cc1cc2ccccc2nc1SCc1ccc(Cl)cc1. The van der Waals surface area contributed by atoms with Crippen molar-refractivity contribution >= 4 is 63.5 Å². The molecule has 0 unspecified atom stereocenters. The van der Waals surface area contributed by atoms with Crippen molar-refractivity contribution in [2.24, 2.45) is 4.99 Å². The zero-order valence-corrected chi connectivity index (χ0v) is 17.5. The topological polar surface area (TPSA) is 62.5 Å². The van der Waals surface area contributed by atoms with Crippen molar-refractivity contribution in [2.75, 3.05) is 0 Å². The zero-order valence-electron chi connectivity index (χ0n) is 15.1. The number of aromatic carboxylic acids is 1. The first-order valence-corrected chi connectivity index (χ1v) is 11.0. The molecule has 4 nitrogen and oxygen atoms in total. The third-order valence-electron chi connectivity index (χ3n) is 4.19. The number of para-hydroxylation sites is 1. The van der Waals surface area contributed by atoms with Crippen molar-refractivity contribution < 1.29 is 9.90 Å². The van der Waals surface area contributed by atoms with Crippen LogP contribution >= 0.6 is 34.7 Å². The van der Waals surface area contributed by atoms with Crippen molar-refractivity contribution in [3.8, 4) is 0 Å². The van der Waals surface area contributed by atoms with Gasteiger partial charge in [0.2, 0.25) is 0 Å². The molecular formula is C22H15ClN2O2S2. The maximum atomic E-state index is 11.3. The molecule has 0 bridgehead atoms. The summed E-state index contributed by atoms with van der Waals surface area (Å²) >= 11 is 8.74. The van der Waals surface area contributed by atoms with E-state index < -0.39 is 5.97 Å². The van der Waals surface area contributed by atoms with Crippen LogP contribution in [0.4, 0.5) is 5.69 Å². The quantitative estimate of drug-likeness (QED) is 0.269. The first-order chi connectivity index (χ1) is 14.1. The van der Waals surface area contributed by atoms with Gasteiger partial charge in [0.05, 0.1) is 11.2 Å². The van der Waals surface area contributed by atoms with Gasteiger partial charge in [-0.25, -0.2) is 9.78 Å². The number of rotatable bonds is 6. The van der Waals surface area contributed by atoms with Crippen molar-refractivity contribution in [3.05, 3.63) is 87.1 Å². The van der Waals surface area contributed by atoms with E-state index >= 15 is 0 Å². The molecule has 2 aromatic heterocycles. The molecule has 4 aromatic rings. The summed E-state index contributed by atoms with van der Waals surface area (Å²) in [5.74, 6) is -0.233. The number of aliphatic imine (C=N–C) groups is 1. The van der Waals surface area contributed by atoms with Gasteiger partial charge in [-0.1, -0.05) is 41.9 Å². The van der Waals surface area contributed by atoms with Crippen molar-refractivity contribution in [2.45, 2.75) is 10.8 Å². The summed E-state index contributed by atoms with van der Waals surface area (Å²) in [6.45, 7) is 0. The summed E-state index contributed by atoms with van der Waals surface area (Å²) in [4.78, 5) is 20.8. The van der Waals surface area contributed by atoms with E-state index in [1.807, 2.05) is 54.6 Å². The molecule has 0 radical (unpaired) electrons. The van der Waals surface area contributed by atoms with Crippen LogP contribution in [0.15, 0.2) is 76.1 Å². The van der Waals surface area contributed by atoms with E-state index in [0.717, 1.165) is 44.1 Å². The second-order valence-electron chi connectivity index (χ2n) is 6.19. The average Bonchev–Trinajstić information content (AvgIpc) is 3.20. The van der Waals surface area contributed by atoms with Crippen LogP contribution in [-0.4, -0.2) is 22.3 Å². The van der Waals surface area contributed by atoms with Gasteiger partial charge in [-0.05, 0) is 41.3 Å². The summed E-state index contributed by atoms with van der Waals surface area (Å²) in [6.07, 6.45) is 1.69. The number of thioether (sulfide) groups is 1. The number of pyridine rings is 1. The smallest absolute Gasteiger partial charge is 0.348 e. The van der Waals surface area contributed by atoms with E-state index in [1.54, 1.807) is 29.4 Å². The van der Waals surface area contributed by atoms with Crippen molar-refractivity contribution in [1.29, 1.82) is 0 Å². The van der Waals surface area contributed by atoms with Gasteiger partial charge in [0.25, 0.3) is 0 Å². The number of hydrogen-bond donors (Lipinski definition) is 1. The first-order valence-electron chi connectivity index (χ1n) is 8.72. The Labute approximate surface area is 180 Å². The van der Waals surface area contributed by atoms with Gasteiger partial charge in [-0.15, -0.1) is 23.1 Å². The summed E-state index contributed by atoms with van der Waals surface area (Å²) in [5.41, 5.74) is 3.35. The second kappa shape index (κ2) is 8.78. The highest BCUT2D eigenvalue weighted by Crippen LogP contribution is 2.29. The average molecular weight is 439 g/mol. The minimum Gasteiger partial charge on any atom is -0.477 e. The molecule has 4 rings (SSSR count). The lowest BCUT2D eigenvalue weighted by Gasteiger charge is -2.08. The van der Waals surface area contributed by atoms with Crippen LogP contribution in [0.5, 0.6) is 0 Å². The minimum absolute atomic E-state index is 0.227. The van der Waals surface area contributed by atoms with E-state index in [1.165, 1.54) is 0 Å². The van der Waals surface area contributed by atoms with E-state index in [0.29, 0.717) is 10.7 Å². The Morgan fingerprint density at radius 1 is 1.17 bits per heavy atom. The van der Waals surface area contributed by atoms with Crippen LogP contribution in [0.2, 0.25) is 5.02 Å². The number of halogens is 1. The Balaban J connectivity index is 1.68. The van der Waals surface area contributed by atoms with E-state index in [9.17, 15) is 9.90 Å². The largest absolute Gasteiger partial charge is 0.477 e. The van der Waals surface area contributed by atoms with E-state index in [-0.39, 0.29) is 4.88 Å². The molecular weight excluding hydrogens is 424 g/mol. The summed E-state index contributed by atoms with van der Waals surface area (Å²) in [6, 6.07) is 19.4. The highest BCUT2D eigenvalue weighted by Gasteiger charge is 2.11. The molecule has 1 N–H and O–H groups in total. The van der Waals surface area contributed by atoms with Gasteiger partial charge in [0.15, 0.2) is 0 Å². The number of aromatic nitrogens is 1. The van der Waals surface area contributed by atoms with Crippen LogP contribution in [0, 0.1) is 0 Å². The molecule has 2 heterocycles. The third-order valence-corrected chi connectivity index (χ3v) is 6.41. The van der Waals surface area contributed by atoms with Crippen molar-refractivity contribution in [3.63, 3.8) is 0 Å². The fraction of sp³-hybridized carbons (Fsp3) is 0.0455. The molecule has 0 saturated carbocycles. The van der Waals surface area contributed by atoms with Gasteiger partial charge in [-0.3, -0.25) is 4.99 Å². The monoisotopic (exact) mass is 438 g/mol. The summed E-state index contributed by atoms with van der Waals surface area (Å²) in [5, 5.41) is 13.6. The van der Waals surface area contributed by atoms with E-state index in [2.05, 4.69) is 4.99 Å². The highest BCUT2D eigenvalue weighted by atomic mass is 35.5. The van der Waals surface area contributed by atoms with Gasteiger partial charge < -0.3 is 5.11 Å². The van der Waals surface area contributed by atoms with Crippen LogP contribution < -0.4 is 0 Å². The molecule has 0 amide bonds. The van der Waals surface area contributed by atoms with Crippen LogP contribution in [-0.2, 0) is 5.75 Å². The van der Waals surface area contributed by atoms with Gasteiger partial charge in [-0.2, -0.15) is 0 Å². The summed E-state index contributed by atoms with van der Waals surface area (Å²) in [7, 11) is 0. The summed E-state index contributed by atoms with van der Waals surface area (Å²) < 4.78 is 0. The lowest BCUT2D eigenvalue weighted by atomic mass is 10.2. The molecule has 2 aromatic carbocycles. The number of carboxylic acids is 1. The Hall–Kier alpha value is -2.67. The highest BCUT2D eigenvalue weighted by molar-refractivity contribution is 7.98. The lowest BCUT2D eigenvalue weighted by Crippen LogP contribution is -1.94. The minimum atomic E-state index is -0.971. The lowest BCUT2D eigenvalue weighted by molar-refractivity contribution is 0.0703. The number of thiophene rings is 1. The predicted octanol–water partition coefficient (Wildman–Crippen LogP) is 6.69. The molecule has 0 fully saturated rings. The number of nitrogens with zero attached hydrogens (tertiary/aromatic N) is 2. The molecule has 0 aliphatic carbocycles. The number of carbonyl (C=O) groups is 1. The molecule has 0 aliphatic heterocycles. The Kier molecular flexibility index (Phi) is 5.94. The van der Waals surface area contributed by atoms with Crippen molar-refractivity contribution in [1.82, 2.24) is 4.98 Å². The first kappa shape index (κ1) is 19.6. The van der Waals surface area contributed by atoms with Gasteiger partial charge in [0.1, 0.15) is 9.90 Å². The molecule has 0 saturated heterocycles. The van der Waals surface area contributed by atoms with Crippen LogP contribution in [0.25, 0.3) is 10.9 Å². The fourth-order valence-electron chi connectivity index (χ4n) is 2.76. The third kappa shape index (κ3) is 4.67. The zero-order chi connectivity index (χ0) is 20.2. The van der Waals surface area contributed by atoms with Crippen LogP contribution in [0.3, 0.4) is 0 Å². The molecule has 0 aliphatic rings. The maximum Gasteiger partial charge on any atom is 0.348 e. The molecule has 144 valence electrons. The Morgan fingerprint density at radius 3 is 2.76 bits per heavy atom. The Bertz CT molecular complexity index is 1200. The van der Waals surface area contributed by atoms with Gasteiger partial charge >= 0.3 is 5.97 Å². The predicted molar refractivity (Wildman–Crippen MR) is 121 cm³/mol. The number of fused-ring (bicyclic) bond motifs is 1. The maximum absolute atomic E-state index is 11.3. The normalized spacial score (nSPS) is 11.3.